The van der Waals surface area contributed by atoms with Crippen LogP contribution in [0, 0.1) is 11.3 Å². The predicted molar refractivity (Wildman–Crippen MR) is 84.6 cm³/mol. The zero-order valence-corrected chi connectivity index (χ0v) is 13.2. The number of para-hydroxylation sites is 1. The van der Waals surface area contributed by atoms with Crippen LogP contribution in [-0.2, 0) is 17.6 Å². The molecule has 0 fully saturated rings. The van der Waals surface area contributed by atoms with E-state index in [0.717, 1.165) is 18.4 Å². The molecule has 0 bridgehead atoms. The zero-order valence-electron chi connectivity index (χ0n) is 13.2. The molecule has 1 atom stereocenters. The number of fused-ring (bicyclic) bond motifs is 3. The summed E-state index contributed by atoms with van der Waals surface area (Å²) >= 11 is 0. The molecule has 0 saturated heterocycles. The molecule has 1 unspecified atom stereocenters. The SMILES string of the molecule is COC(=O)c1cccc2c3c([nH]c12)CCC(C(C)(C)C)C3. The fourth-order valence-electron chi connectivity index (χ4n) is 3.46. The summed E-state index contributed by atoms with van der Waals surface area (Å²) in [4.78, 5) is 15.4. The maximum absolute atomic E-state index is 11.9. The minimum Gasteiger partial charge on any atom is -0.465 e. The molecule has 1 aromatic heterocycles. The van der Waals surface area contributed by atoms with E-state index >= 15 is 0 Å². The zero-order chi connectivity index (χ0) is 15.2. The summed E-state index contributed by atoms with van der Waals surface area (Å²) in [5.74, 6) is 0.414. The third kappa shape index (κ3) is 2.35. The third-order valence-corrected chi connectivity index (χ3v) is 4.85. The third-order valence-electron chi connectivity index (χ3n) is 4.85. The lowest BCUT2D eigenvalue weighted by molar-refractivity contribution is 0.0603. The Balaban J connectivity index is 2.10. The minimum atomic E-state index is -0.272. The van der Waals surface area contributed by atoms with Gasteiger partial charge in [0.05, 0.1) is 18.2 Å². The second-order valence-electron chi connectivity index (χ2n) is 7.11. The standard InChI is InChI=1S/C18H23NO2/c1-18(2,3)11-8-9-15-14(10-11)12-6-5-7-13(16(12)19-15)17(20)21-4/h5-7,11,19H,8-10H2,1-4H3. The average molecular weight is 285 g/mol. The van der Waals surface area contributed by atoms with Crippen molar-refractivity contribution >= 4 is 16.9 Å². The molecular formula is C18H23NO2. The average Bonchev–Trinajstić information content (AvgIpc) is 2.83. The monoisotopic (exact) mass is 285 g/mol. The van der Waals surface area contributed by atoms with Gasteiger partial charge in [-0.1, -0.05) is 32.9 Å². The number of benzene rings is 1. The van der Waals surface area contributed by atoms with Crippen LogP contribution in [0.2, 0.25) is 0 Å². The molecule has 0 radical (unpaired) electrons. The van der Waals surface area contributed by atoms with Crippen LogP contribution in [0.5, 0.6) is 0 Å². The molecule has 0 aliphatic heterocycles. The Kier molecular flexibility index (Phi) is 3.31. The van der Waals surface area contributed by atoms with Gasteiger partial charge in [-0.05, 0) is 42.2 Å². The van der Waals surface area contributed by atoms with E-state index in [2.05, 4.69) is 31.8 Å². The van der Waals surface area contributed by atoms with E-state index in [-0.39, 0.29) is 5.97 Å². The predicted octanol–water partition coefficient (Wildman–Crippen LogP) is 4.11. The van der Waals surface area contributed by atoms with Gasteiger partial charge in [0.25, 0.3) is 0 Å². The molecule has 1 heterocycles. The van der Waals surface area contributed by atoms with E-state index < -0.39 is 0 Å². The van der Waals surface area contributed by atoms with E-state index in [0.29, 0.717) is 16.9 Å². The Morgan fingerprint density at radius 3 is 2.76 bits per heavy atom. The Labute approximate surface area is 125 Å². The number of rotatable bonds is 1. The molecule has 3 nitrogen and oxygen atoms in total. The van der Waals surface area contributed by atoms with Gasteiger partial charge >= 0.3 is 5.97 Å². The minimum absolute atomic E-state index is 0.272. The molecule has 1 aliphatic carbocycles. The fraction of sp³-hybridized carbons (Fsp3) is 0.500. The number of ether oxygens (including phenoxy) is 1. The number of aromatic nitrogens is 1. The number of carbonyl (C=O) groups is 1. The number of methoxy groups -OCH3 is 1. The maximum Gasteiger partial charge on any atom is 0.339 e. The van der Waals surface area contributed by atoms with Crippen LogP contribution in [-0.4, -0.2) is 18.1 Å². The van der Waals surface area contributed by atoms with Gasteiger partial charge < -0.3 is 9.72 Å². The summed E-state index contributed by atoms with van der Waals surface area (Å²) in [6, 6.07) is 5.89. The van der Waals surface area contributed by atoms with Gasteiger partial charge in [0.2, 0.25) is 0 Å². The number of hydrogen-bond donors (Lipinski definition) is 1. The van der Waals surface area contributed by atoms with Crippen molar-refractivity contribution in [2.45, 2.75) is 40.0 Å². The van der Waals surface area contributed by atoms with Crippen LogP contribution in [0.25, 0.3) is 10.9 Å². The van der Waals surface area contributed by atoms with Gasteiger partial charge in [-0.15, -0.1) is 0 Å². The van der Waals surface area contributed by atoms with E-state index in [1.54, 1.807) is 0 Å². The van der Waals surface area contributed by atoms with Crippen molar-refractivity contribution in [1.82, 2.24) is 4.98 Å². The molecule has 1 N–H and O–H groups in total. The summed E-state index contributed by atoms with van der Waals surface area (Å²) in [6.07, 6.45) is 3.35. The van der Waals surface area contributed by atoms with Crippen LogP contribution in [0.4, 0.5) is 0 Å². The van der Waals surface area contributed by atoms with E-state index in [9.17, 15) is 4.79 Å². The van der Waals surface area contributed by atoms with Gasteiger partial charge in [0, 0.05) is 11.1 Å². The van der Waals surface area contributed by atoms with Crippen molar-refractivity contribution in [2.75, 3.05) is 7.11 Å². The Bertz CT molecular complexity index is 691. The highest BCUT2D eigenvalue weighted by Gasteiger charge is 2.31. The molecule has 0 amide bonds. The van der Waals surface area contributed by atoms with Crippen LogP contribution >= 0.6 is 0 Å². The van der Waals surface area contributed by atoms with Crippen molar-refractivity contribution in [3.63, 3.8) is 0 Å². The first-order valence-corrected chi connectivity index (χ1v) is 7.62. The first-order valence-electron chi connectivity index (χ1n) is 7.62. The van der Waals surface area contributed by atoms with Crippen molar-refractivity contribution in [1.29, 1.82) is 0 Å². The number of H-pyrrole nitrogens is 1. The molecule has 0 spiro atoms. The Morgan fingerprint density at radius 2 is 2.10 bits per heavy atom. The molecule has 1 aromatic carbocycles. The number of nitrogens with one attached hydrogen (secondary N) is 1. The topological polar surface area (TPSA) is 42.1 Å². The second-order valence-corrected chi connectivity index (χ2v) is 7.11. The van der Waals surface area contributed by atoms with Crippen LogP contribution in [0.3, 0.4) is 0 Å². The van der Waals surface area contributed by atoms with Gasteiger partial charge in [0.1, 0.15) is 0 Å². The highest BCUT2D eigenvalue weighted by atomic mass is 16.5. The normalized spacial score (nSPS) is 18.6. The number of hydrogen-bond acceptors (Lipinski definition) is 2. The number of esters is 1. The quantitative estimate of drug-likeness (QED) is 0.801. The molecule has 3 heteroatoms. The smallest absolute Gasteiger partial charge is 0.339 e. The lowest BCUT2D eigenvalue weighted by atomic mass is 9.71. The van der Waals surface area contributed by atoms with Gasteiger partial charge in [-0.25, -0.2) is 4.79 Å². The van der Waals surface area contributed by atoms with Crippen molar-refractivity contribution in [3.8, 4) is 0 Å². The van der Waals surface area contributed by atoms with Gasteiger partial charge in [-0.3, -0.25) is 0 Å². The largest absolute Gasteiger partial charge is 0.465 e. The van der Waals surface area contributed by atoms with Crippen LogP contribution in [0.15, 0.2) is 18.2 Å². The lowest BCUT2D eigenvalue weighted by Gasteiger charge is -2.34. The van der Waals surface area contributed by atoms with Crippen molar-refractivity contribution < 1.29 is 9.53 Å². The van der Waals surface area contributed by atoms with Gasteiger partial charge in [0.15, 0.2) is 0 Å². The lowest BCUT2D eigenvalue weighted by Crippen LogP contribution is -2.26. The summed E-state index contributed by atoms with van der Waals surface area (Å²) < 4.78 is 4.89. The summed E-state index contributed by atoms with van der Waals surface area (Å²) in [7, 11) is 1.43. The highest BCUT2D eigenvalue weighted by Crippen LogP contribution is 2.40. The Hall–Kier alpha value is -1.77. The second kappa shape index (κ2) is 4.90. The fourth-order valence-corrected chi connectivity index (χ4v) is 3.46. The molecule has 1 aliphatic rings. The molecule has 3 rings (SSSR count). The van der Waals surface area contributed by atoms with Gasteiger partial charge in [-0.2, -0.15) is 0 Å². The first-order chi connectivity index (χ1) is 9.91. The van der Waals surface area contributed by atoms with Crippen LogP contribution < -0.4 is 0 Å². The number of aryl methyl sites for hydroxylation is 1. The van der Waals surface area contributed by atoms with Crippen molar-refractivity contribution in [3.05, 3.63) is 35.0 Å². The molecule has 21 heavy (non-hydrogen) atoms. The highest BCUT2D eigenvalue weighted by molar-refractivity contribution is 6.04. The number of carbonyl (C=O) groups excluding carboxylic acids is 1. The molecule has 112 valence electrons. The Morgan fingerprint density at radius 1 is 1.33 bits per heavy atom. The maximum atomic E-state index is 11.9. The van der Waals surface area contributed by atoms with E-state index in [4.69, 9.17) is 4.74 Å². The summed E-state index contributed by atoms with van der Waals surface area (Å²) in [5.41, 5.74) is 4.57. The molecule has 2 aromatic rings. The summed E-state index contributed by atoms with van der Waals surface area (Å²) in [6.45, 7) is 6.95. The summed E-state index contributed by atoms with van der Waals surface area (Å²) in [5, 5.41) is 1.18. The first kappa shape index (κ1) is 14.2. The number of aromatic amines is 1. The van der Waals surface area contributed by atoms with E-state index in [1.807, 2.05) is 12.1 Å². The molecule has 0 saturated carbocycles. The van der Waals surface area contributed by atoms with Crippen molar-refractivity contribution in [2.24, 2.45) is 11.3 Å². The molecular weight excluding hydrogens is 262 g/mol. The van der Waals surface area contributed by atoms with Crippen LogP contribution in [0.1, 0.15) is 48.8 Å². The van der Waals surface area contributed by atoms with E-state index in [1.165, 1.54) is 30.2 Å².